The number of hydrogen-bond donors (Lipinski definition) is 2. The quantitative estimate of drug-likeness (QED) is 0.781. The van der Waals surface area contributed by atoms with Crippen molar-refractivity contribution in [1.29, 1.82) is 0 Å². The van der Waals surface area contributed by atoms with Gasteiger partial charge >= 0.3 is 6.03 Å². The number of aryl methyl sites for hydroxylation is 2. The number of amides is 2. The monoisotopic (exact) mass is 308 g/mol. The maximum Gasteiger partial charge on any atom is 0.323 e. The van der Waals surface area contributed by atoms with Gasteiger partial charge in [0.15, 0.2) is 0 Å². The van der Waals surface area contributed by atoms with Crippen LogP contribution >= 0.6 is 23.2 Å². The number of hydrogen-bond acceptors (Lipinski definition) is 1. The molecule has 0 atom stereocenters. The van der Waals surface area contributed by atoms with Crippen LogP contribution in [0.5, 0.6) is 0 Å². The van der Waals surface area contributed by atoms with Crippen molar-refractivity contribution < 1.29 is 4.79 Å². The Bertz CT molecular complexity index is 601. The van der Waals surface area contributed by atoms with Gasteiger partial charge in [0.2, 0.25) is 0 Å². The van der Waals surface area contributed by atoms with E-state index in [4.69, 9.17) is 23.2 Å². The summed E-state index contributed by atoms with van der Waals surface area (Å²) in [6, 6.07) is 10.3. The predicted molar refractivity (Wildman–Crippen MR) is 85.0 cm³/mol. The molecule has 0 saturated carbocycles. The van der Waals surface area contributed by atoms with Crippen LogP contribution < -0.4 is 10.6 Å². The summed E-state index contributed by atoms with van der Waals surface area (Å²) in [6.45, 7) is 3.77. The smallest absolute Gasteiger partial charge is 0.307 e. The lowest BCUT2D eigenvalue weighted by Crippen LogP contribution is -2.20. The standard InChI is InChI=1S/C15H14Cl2N2O/c1-9-7-11(16)3-5-13(9)18-15(20)19-14-6-4-12(17)8-10(14)2/h3-8H,1-2H3,(H2,18,19,20). The number of anilines is 2. The molecule has 104 valence electrons. The summed E-state index contributed by atoms with van der Waals surface area (Å²) in [7, 11) is 0. The Hall–Kier alpha value is -1.71. The molecule has 2 rings (SSSR count). The lowest BCUT2D eigenvalue weighted by Gasteiger charge is -2.12. The molecule has 0 aliphatic heterocycles. The highest BCUT2D eigenvalue weighted by Gasteiger charge is 2.07. The highest BCUT2D eigenvalue weighted by atomic mass is 35.5. The second-order valence-corrected chi connectivity index (χ2v) is 5.37. The SMILES string of the molecule is Cc1cc(Cl)ccc1NC(=O)Nc1ccc(Cl)cc1C. The summed E-state index contributed by atoms with van der Waals surface area (Å²) in [5, 5.41) is 6.85. The van der Waals surface area contributed by atoms with Gasteiger partial charge in [-0.15, -0.1) is 0 Å². The highest BCUT2D eigenvalue weighted by molar-refractivity contribution is 6.31. The summed E-state index contributed by atoms with van der Waals surface area (Å²) in [5.41, 5.74) is 3.25. The van der Waals surface area contributed by atoms with Gasteiger partial charge in [0.05, 0.1) is 0 Å². The van der Waals surface area contributed by atoms with Crippen LogP contribution in [0.4, 0.5) is 16.2 Å². The topological polar surface area (TPSA) is 41.1 Å². The van der Waals surface area contributed by atoms with Gasteiger partial charge in [0.25, 0.3) is 0 Å². The van der Waals surface area contributed by atoms with Gasteiger partial charge in [0, 0.05) is 21.4 Å². The lowest BCUT2D eigenvalue weighted by molar-refractivity contribution is 0.262. The molecule has 0 aliphatic carbocycles. The van der Waals surface area contributed by atoms with Gasteiger partial charge in [0.1, 0.15) is 0 Å². The van der Waals surface area contributed by atoms with Gasteiger partial charge in [-0.2, -0.15) is 0 Å². The summed E-state index contributed by atoms with van der Waals surface area (Å²) >= 11 is 11.8. The van der Waals surface area contributed by atoms with Crippen LogP contribution in [0.25, 0.3) is 0 Å². The third-order valence-corrected chi connectivity index (χ3v) is 3.34. The first kappa shape index (κ1) is 14.7. The minimum absolute atomic E-state index is 0.305. The van der Waals surface area contributed by atoms with Gasteiger partial charge in [-0.05, 0) is 61.4 Å². The highest BCUT2D eigenvalue weighted by Crippen LogP contribution is 2.22. The van der Waals surface area contributed by atoms with Gasteiger partial charge < -0.3 is 10.6 Å². The summed E-state index contributed by atoms with van der Waals surface area (Å²) < 4.78 is 0. The molecule has 0 heterocycles. The van der Waals surface area contributed by atoms with Crippen molar-refractivity contribution in [2.75, 3.05) is 10.6 Å². The first-order chi connectivity index (χ1) is 9.45. The number of halogens is 2. The molecule has 5 heteroatoms. The van der Waals surface area contributed by atoms with Gasteiger partial charge in [-0.3, -0.25) is 0 Å². The zero-order valence-electron chi connectivity index (χ0n) is 11.1. The Morgan fingerprint density at radius 2 is 1.25 bits per heavy atom. The van der Waals surface area contributed by atoms with E-state index < -0.39 is 0 Å². The van der Waals surface area contributed by atoms with Crippen molar-refractivity contribution in [2.24, 2.45) is 0 Å². The molecule has 20 heavy (non-hydrogen) atoms. The summed E-state index contributed by atoms with van der Waals surface area (Å²) in [5.74, 6) is 0. The molecule has 2 aromatic carbocycles. The van der Waals surface area contributed by atoms with Crippen molar-refractivity contribution in [1.82, 2.24) is 0 Å². The van der Waals surface area contributed by atoms with Gasteiger partial charge in [-0.1, -0.05) is 23.2 Å². The molecule has 2 aromatic rings. The van der Waals surface area contributed by atoms with Crippen LogP contribution in [0.2, 0.25) is 10.0 Å². The second-order valence-electron chi connectivity index (χ2n) is 4.50. The maximum absolute atomic E-state index is 12.0. The third kappa shape index (κ3) is 3.65. The fourth-order valence-electron chi connectivity index (χ4n) is 1.81. The van der Waals surface area contributed by atoms with Crippen molar-refractivity contribution in [3.8, 4) is 0 Å². The predicted octanol–water partition coefficient (Wildman–Crippen LogP) is 5.25. The number of benzene rings is 2. The Kier molecular flexibility index (Phi) is 4.53. The van der Waals surface area contributed by atoms with E-state index in [0.29, 0.717) is 10.0 Å². The number of nitrogens with one attached hydrogen (secondary N) is 2. The Balaban J connectivity index is 2.09. The minimum Gasteiger partial charge on any atom is -0.307 e. The second kappa shape index (κ2) is 6.16. The third-order valence-electron chi connectivity index (χ3n) is 2.87. The zero-order chi connectivity index (χ0) is 14.7. The molecule has 3 nitrogen and oxygen atoms in total. The molecular formula is C15H14Cl2N2O. The first-order valence-electron chi connectivity index (χ1n) is 6.06. The Labute approximate surface area is 127 Å². The molecule has 0 aromatic heterocycles. The molecule has 0 unspecified atom stereocenters. The van der Waals surface area contributed by atoms with E-state index in [-0.39, 0.29) is 6.03 Å². The molecule has 0 spiro atoms. The molecule has 2 N–H and O–H groups in total. The van der Waals surface area contributed by atoms with E-state index in [9.17, 15) is 4.79 Å². The number of rotatable bonds is 2. The van der Waals surface area contributed by atoms with Crippen molar-refractivity contribution in [3.05, 3.63) is 57.6 Å². The normalized spacial score (nSPS) is 10.2. The number of carbonyl (C=O) groups is 1. The zero-order valence-corrected chi connectivity index (χ0v) is 12.6. The van der Waals surface area contributed by atoms with Crippen LogP contribution in [0.1, 0.15) is 11.1 Å². The molecule has 0 fully saturated rings. The molecule has 0 aliphatic rings. The maximum atomic E-state index is 12.0. The van der Waals surface area contributed by atoms with Crippen LogP contribution in [-0.4, -0.2) is 6.03 Å². The lowest BCUT2D eigenvalue weighted by atomic mass is 10.2. The van der Waals surface area contributed by atoms with Crippen molar-refractivity contribution in [3.63, 3.8) is 0 Å². The molecule has 0 bridgehead atoms. The largest absolute Gasteiger partial charge is 0.323 e. The number of carbonyl (C=O) groups excluding carboxylic acids is 1. The first-order valence-corrected chi connectivity index (χ1v) is 6.81. The average Bonchev–Trinajstić information content (AvgIpc) is 2.36. The van der Waals surface area contributed by atoms with E-state index in [1.807, 2.05) is 13.8 Å². The molecule has 2 amide bonds. The molecular weight excluding hydrogens is 295 g/mol. The van der Waals surface area contributed by atoms with Crippen LogP contribution in [0.15, 0.2) is 36.4 Å². The number of urea groups is 1. The summed E-state index contributed by atoms with van der Waals surface area (Å²) in [4.78, 5) is 12.0. The van der Waals surface area contributed by atoms with E-state index in [0.717, 1.165) is 22.5 Å². The average molecular weight is 309 g/mol. The minimum atomic E-state index is -0.305. The van der Waals surface area contributed by atoms with Crippen LogP contribution in [0.3, 0.4) is 0 Å². The van der Waals surface area contributed by atoms with E-state index in [1.165, 1.54) is 0 Å². The van der Waals surface area contributed by atoms with E-state index in [2.05, 4.69) is 10.6 Å². The van der Waals surface area contributed by atoms with Crippen LogP contribution in [-0.2, 0) is 0 Å². The van der Waals surface area contributed by atoms with Crippen LogP contribution in [0, 0.1) is 13.8 Å². The van der Waals surface area contributed by atoms with Crippen molar-refractivity contribution >= 4 is 40.6 Å². The summed E-state index contributed by atoms with van der Waals surface area (Å²) in [6.07, 6.45) is 0. The fourth-order valence-corrected chi connectivity index (χ4v) is 2.26. The van der Waals surface area contributed by atoms with Gasteiger partial charge in [-0.25, -0.2) is 4.79 Å². The fraction of sp³-hybridized carbons (Fsp3) is 0.133. The van der Waals surface area contributed by atoms with E-state index in [1.54, 1.807) is 36.4 Å². The van der Waals surface area contributed by atoms with E-state index >= 15 is 0 Å². The molecule has 0 saturated heterocycles. The molecule has 0 radical (unpaired) electrons. The Morgan fingerprint density at radius 1 is 0.850 bits per heavy atom. The van der Waals surface area contributed by atoms with Crippen molar-refractivity contribution in [2.45, 2.75) is 13.8 Å². The Morgan fingerprint density at radius 3 is 1.60 bits per heavy atom.